The molecule has 2 unspecified atom stereocenters. The summed E-state index contributed by atoms with van der Waals surface area (Å²) in [5.41, 5.74) is 0. The monoisotopic (exact) mass is 242 g/mol. The van der Waals surface area contributed by atoms with E-state index >= 15 is 0 Å². The second-order valence-corrected chi connectivity index (χ2v) is 5.67. The molecule has 0 amide bonds. The molecule has 0 aliphatic rings. The van der Waals surface area contributed by atoms with E-state index in [-0.39, 0.29) is 0 Å². The number of aliphatic hydroxyl groups is 2. The third-order valence-electron chi connectivity index (χ3n) is 1.16. The highest BCUT2D eigenvalue weighted by molar-refractivity contribution is 8.77. The quantitative estimate of drug-likeness (QED) is 0.392. The maximum Gasteiger partial charge on any atom is 0.347 e. The first kappa shape index (κ1) is 13.6. The van der Waals surface area contributed by atoms with Crippen LogP contribution in [0.2, 0.25) is 0 Å². The summed E-state index contributed by atoms with van der Waals surface area (Å²) in [6.07, 6.45) is 0. The van der Waals surface area contributed by atoms with Gasteiger partial charge in [-0.1, -0.05) is 0 Å². The minimum atomic E-state index is -2.13. The van der Waals surface area contributed by atoms with Gasteiger partial charge < -0.3 is 20.4 Å². The fraction of sp³-hybridized carbons (Fsp3) is 0.667. The summed E-state index contributed by atoms with van der Waals surface area (Å²) in [7, 11) is 0.728. The van der Waals surface area contributed by atoms with Crippen LogP contribution in [0.4, 0.5) is 0 Å². The number of rotatable bonds is 5. The Bertz CT molecular complexity index is 223. The number of carboxylic acid groups (broad SMARTS) is 2. The van der Waals surface area contributed by atoms with Crippen LogP contribution in [0.25, 0.3) is 0 Å². The zero-order valence-electron chi connectivity index (χ0n) is 7.42. The molecule has 0 aliphatic heterocycles. The van der Waals surface area contributed by atoms with E-state index in [0.29, 0.717) is 21.6 Å². The average Bonchev–Trinajstić information content (AvgIpc) is 2.01. The zero-order chi connectivity index (χ0) is 11.6. The molecule has 0 saturated carbocycles. The van der Waals surface area contributed by atoms with E-state index in [1.165, 1.54) is 0 Å². The Morgan fingerprint density at radius 2 is 1.14 bits per heavy atom. The van der Waals surface area contributed by atoms with Gasteiger partial charge in [0.15, 0.2) is 0 Å². The molecule has 14 heavy (non-hydrogen) atoms. The van der Waals surface area contributed by atoms with Gasteiger partial charge in [0.25, 0.3) is 0 Å². The Morgan fingerprint density at radius 3 is 1.29 bits per heavy atom. The van der Waals surface area contributed by atoms with E-state index in [4.69, 9.17) is 10.2 Å². The Morgan fingerprint density at radius 1 is 0.929 bits per heavy atom. The summed E-state index contributed by atoms with van der Waals surface area (Å²) in [4.78, 5) is 16.5. The lowest BCUT2D eigenvalue weighted by molar-refractivity contribution is -0.149. The van der Waals surface area contributed by atoms with Crippen molar-refractivity contribution >= 4 is 33.5 Å². The molecule has 0 aromatic carbocycles. The molecule has 0 rings (SSSR count). The molecule has 0 radical (unpaired) electrons. The molecule has 0 aliphatic carbocycles. The van der Waals surface area contributed by atoms with E-state index in [0.717, 1.165) is 13.8 Å². The molecular formula is C6H10O6S2. The van der Waals surface area contributed by atoms with Gasteiger partial charge in [0.1, 0.15) is 0 Å². The van der Waals surface area contributed by atoms with Crippen molar-refractivity contribution in [3.05, 3.63) is 0 Å². The first-order valence-electron chi connectivity index (χ1n) is 3.38. The fourth-order valence-corrected chi connectivity index (χ4v) is 2.10. The third kappa shape index (κ3) is 3.74. The molecule has 2 atom stereocenters. The topological polar surface area (TPSA) is 115 Å². The number of hydrogen-bond donors (Lipinski definition) is 4. The van der Waals surface area contributed by atoms with Crippen molar-refractivity contribution in [2.75, 3.05) is 0 Å². The Kier molecular flexibility index (Phi) is 4.25. The smallest absolute Gasteiger partial charge is 0.347 e. The lowest BCUT2D eigenvalue weighted by atomic mass is 10.4. The minimum Gasteiger partial charge on any atom is -0.478 e. The van der Waals surface area contributed by atoms with E-state index < -0.39 is 21.8 Å². The Balaban J connectivity index is 4.32. The molecule has 0 aromatic rings. The molecule has 0 bridgehead atoms. The predicted octanol–water partition coefficient (Wildman–Crippen LogP) is -0.0460. The Hall–Kier alpha value is -0.440. The largest absolute Gasteiger partial charge is 0.478 e. The van der Waals surface area contributed by atoms with Gasteiger partial charge in [-0.25, -0.2) is 9.59 Å². The first-order chi connectivity index (χ1) is 6.09. The van der Waals surface area contributed by atoms with Crippen LogP contribution >= 0.6 is 21.6 Å². The van der Waals surface area contributed by atoms with Crippen LogP contribution in [0.1, 0.15) is 13.8 Å². The number of carbonyl (C=O) groups is 2. The third-order valence-corrected chi connectivity index (χ3v) is 4.44. The summed E-state index contributed by atoms with van der Waals surface area (Å²) in [6.45, 7) is 1.98. The van der Waals surface area contributed by atoms with Gasteiger partial charge in [-0.15, -0.1) is 0 Å². The van der Waals surface area contributed by atoms with Gasteiger partial charge in [0.2, 0.25) is 9.87 Å². The minimum absolute atomic E-state index is 0.364. The van der Waals surface area contributed by atoms with Crippen molar-refractivity contribution in [2.45, 2.75) is 23.7 Å². The van der Waals surface area contributed by atoms with E-state index in [9.17, 15) is 19.8 Å². The van der Waals surface area contributed by atoms with Gasteiger partial charge >= 0.3 is 11.9 Å². The maximum atomic E-state index is 10.4. The number of aliphatic carboxylic acids is 2. The normalized spacial score (nSPS) is 19.4. The van der Waals surface area contributed by atoms with Crippen LogP contribution in [0, 0.1) is 0 Å². The lowest BCUT2D eigenvalue weighted by Crippen LogP contribution is -2.34. The summed E-state index contributed by atoms with van der Waals surface area (Å²) in [5.74, 6) is -3.01. The van der Waals surface area contributed by atoms with Gasteiger partial charge in [-0.3, -0.25) is 0 Å². The molecule has 82 valence electrons. The SMILES string of the molecule is CC(O)(SSC(C)(O)C(=O)O)C(=O)O. The predicted molar refractivity (Wildman–Crippen MR) is 51.7 cm³/mol. The standard InChI is InChI=1S/C6H10O6S2/c1-5(11,3(7)8)13-14-6(2,12)4(9)10/h11-12H,1-2H3,(H,7,8)(H,9,10). The number of hydrogen-bond acceptors (Lipinski definition) is 6. The van der Waals surface area contributed by atoms with E-state index in [1.54, 1.807) is 0 Å². The molecule has 8 heteroatoms. The van der Waals surface area contributed by atoms with Crippen molar-refractivity contribution in [1.82, 2.24) is 0 Å². The van der Waals surface area contributed by atoms with Gasteiger partial charge in [-0.05, 0) is 35.4 Å². The zero-order valence-corrected chi connectivity index (χ0v) is 9.05. The molecule has 0 spiro atoms. The summed E-state index contributed by atoms with van der Waals surface area (Å²) >= 11 is 0. The van der Waals surface area contributed by atoms with Crippen molar-refractivity contribution in [1.29, 1.82) is 0 Å². The van der Waals surface area contributed by atoms with E-state index in [1.807, 2.05) is 0 Å². The first-order valence-corrected chi connectivity index (χ1v) is 5.53. The second-order valence-electron chi connectivity index (χ2n) is 2.74. The molecule has 0 saturated heterocycles. The van der Waals surface area contributed by atoms with Crippen LogP contribution in [-0.4, -0.2) is 42.2 Å². The van der Waals surface area contributed by atoms with Gasteiger partial charge in [0.05, 0.1) is 0 Å². The molecule has 4 N–H and O–H groups in total. The average molecular weight is 242 g/mol. The lowest BCUT2D eigenvalue weighted by Gasteiger charge is -2.21. The van der Waals surface area contributed by atoms with Crippen LogP contribution in [0.15, 0.2) is 0 Å². The fourth-order valence-electron chi connectivity index (χ4n) is 0.234. The van der Waals surface area contributed by atoms with Crippen LogP contribution in [0.5, 0.6) is 0 Å². The van der Waals surface area contributed by atoms with Crippen LogP contribution < -0.4 is 0 Å². The van der Waals surface area contributed by atoms with Crippen LogP contribution in [0.3, 0.4) is 0 Å². The van der Waals surface area contributed by atoms with Crippen molar-refractivity contribution < 1.29 is 30.0 Å². The Labute approximate surface area is 87.7 Å². The van der Waals surface area contributed by atoms with Crippen molar-refractivity contribution in [2.24, 2.45) is 0 Å². The molecule has 0 aromatic heterocycles. The number of carboxylic acids is 2. The van der Waals surface area contributed by atoms with Crippen molar-refractivity contribution in [3.8, 4) is 0 Å². The highest BCUT2D eigenvalue weighted by Crippen LogP contribution is 2.41. The van der Waals surface area contributed by atoms with Gasteiger partial charge in [0, 0.05) is 0 Å². The molecule has 0 fully saturated rings. The van der Waals surface area contributed by atoms with Crippen molar-refractivity contribution in [3.63, 3.8) is 0 Å². The maximum absolute atomic E-state index is 10.4. The molecule has 6 nitrogen and oxygen atoms in total. The second kappa shape index (κ2) is 4.39. The summed E-state index contributed by atoms with van der Waals surface area (Å²) in [6, 6.07) is 0. The van der Waals surface area contributed by atoms with Crippen LogP contribution in [-0.2, 0) is 9.59 Å². The highest BCUT2D eigenvalue weighted by atomic mass is 33.1. The van der Waals surface area contributed by atoms with Gasteiger partial charge in [-0.2, -0.15) is 0 Å². The highest BCUT2D eigenvalue weighted by Gasteiger charge is 2.38. The summed E-state index contributed by atoms with van der Waals surface area (Å²) in [5, 5.41) is 35.3. The summed E-state index contributed by atoms with van der Waals surface area (Å²) < 4.78 is 0. The molecule has 0 heterocycles. The van der Waals surface area contributed by atoms with E-state index in [2.05, 4.69) is 0 Å². The molecular weight excluding hydrogens is 232 g/mol.